The van der Waals surface area contributed by atoms with Crippen molar-refractivity contribution in [1.29, 1.82) is 0 Å². The summed E-state index contributed by atoms with van der Waals surface area (Å²) in [7, 11) is 1.81. The Bertz CT molecular complexity index is 569. The number of fused-ring (bicyclic) bond motifs is 1. The first-order chi connectivity index (χ1) is 9.58. The maximum Gasteiger partial charge on any atom is 0.293 e. The van der Waals surface area contributed by atoms with Crippen molar-refractivity contribution in [3.8, 4) is 0 Å². The number of rotatable bonds is 3. The first-order valence-electron chi connectivity index (χ1n) is 6.85. The van der Waals surface area contributed by atoms with Gasteiger partial charge in [0.05, 0.1) is 10.5 Å². The van der Waals surface area contributed by atoms with E-state index in [-0.39, 0.29) is 11.6 Å². The predicted molar refractivity (Wildman–Crippen MR) is 75.0 cm³/mol. The number of nitro groups is 1. The van der Waals surface area contributed by atoms with E-state index in [0.29, 0.717) is 30.3 Å². The number of carbonyl (C=O) groups is 1. The second-order valence-electron chi connectivity index (χ2n) is 5.55. The Hall–Kier alpha value is -2.11. The van der Waals surface area contributed by atoms with E-state index >= 15 is 0 Å². The molecule has 1 aliphatic heterocycles. The lowest BCUT2D eigenvalue weighted by atomic mass is 10.1. The maximum absolute atomic E-state index is 12.6. The van der Waals surface area contributed by atoms with E-state index in [0.717, 1.165) is 6.54 Å². The van der Waals surface area contributed by atoms with Crippen LogP contribution in [0, 0.1) is 16.0 Å². The number of carbonyl (C=O) groups excluding carboxylic acids is 1. The van der Waals surface area contributed by atoms with Crippen LogP contribution in [-0.4, -0.2) is 42.4 Å². The fraction of sp³-hybridized carbons (Fsp3) is 0.500. The Kier molecular flexibility index (Phi) is 3.08. The normalized spacial score (nSPS) is 18.8. The number of benzene rings is 1. The molecule has 0 bridgehead atoms. The van der Waals surface area contributed by atoms with Gasteiger partial charge in [0.2, 0.25) is 0 Å². The molecule has 106 valence electrons. The van der Waals surface area contributed by atoms with Crippen molar-refractivity contribution in [3.05, 3.63) is 33.9 Å². The van der Waals surface area contributed by atoms with Crippen LogP contribution in [0.1, 0.15) is 23.2 Å². The summed E-state index contributed by atoms with van der Waals surface area (Å²) in [5.41, 5.74) is 0.896. The minimum Gasteiger partial charge on any atom is -0.367 e. The van der Waals surface area contributed by atoms with Gasteiger partial charge in [0.1, 0.15) is 5.69 Å². The average Bonchev–Trinajstić information content (AvgIpc) is 3.25. The highest BCUT2D eigenvalue weighted by Crippen LogP contribution is 2.35. The van der Waals surface area contributed by atoms with Gasteiger partial charge in [-0.05, 0) is 24.8 Å². The number of hydrogen-bond donors (Lipinski definition) is 0. The van der Waals surface area contributed by atoms with E-state index in [2.05, 4.69) is 0 Å². The zero-order valence-corrected chi connectivity index (χ0v) is 11.4. The van der Waals surface area contributed by atoms with Gasteiger partial charge >= 0.3 is 0 Å². The van der Waals surface area contributed by atoms with Gasteiger partial charge in [-0.2, -0.15) is 0 Å². The molecule has 2 aliphatic rings. The fourth-order valence-electron chi connectivity index (χ4n) is 2.69. The van der Waals surface area contributed by atoms with Crippen LogP contribution in [0.4, 0.5) is 11.4 Å². The third-order valence-electron chi connectivity index (χ3n) is 3.99. The molecule has 0 saturated heterocycles. The summed E-state index contributed by atoms with van der Waals surface area (Å²) < 4.78 is 0. The Balaban J connectivity index is 2.02. The predicted octanol–water partition coefficient (Wildman–Crippen LogP) is 1.90. The van der Waals surface area contributed by atoms with Crippen LogP contribution in [0.2, 0.25) is 0 Å². The average molecular weight is 275 g/mol. The summed E-state index contributed by atoms with van der Waals surface area (Å²) in [4.78, 5) is 27.0. The molecular formula is C14H17N3O3. The number of anilines is 1. The summed E-state index contributed by atoms with van der Waals surface area (Å²) in [6.45, 7) is 2.02. The van der Waals surface area contributed by atoms with Gasteiger partial charge in [0, 0.05) is 32.7 Å². The topological polar surface area (TPSA) is 66.7 Å². The SMILES string of the molecule is CN1CCN(CC2CC2)C(=O)c2cccc([N+](=O)[O-])c21. The van der Waals surface area contributed by atoms with E-state index in [9.17, 15) is 14.9 Å². The van der Waals surface area contributed by atoms with Gasteiger partial charge < -0.3 is 9.80 Å². The van der Waals surface area contributed by atoms with E-state index in [1.54, 1.807) is 19.2 Å². The van der Waals surface area contributed by atoms with Crippen LogP contribution in [-0.2, 0) is 0 Å². The Labute approximate surface area is 117 Å². The first-order valence-corrected chi connectivity index (χ1v) is 6.85. The Morgan fingerprint density at radius 1 is 1.35 bits per heavy atom. The molecule has 3 rings (SSSR count). The molecule has 1 saturated carbocycles. The van der Waals surface area contributed by atoms with Gasteiger partial charge in [0.25, 0.3) is 11.6 Å². The van der Waals surface area contributed by atoms with Crippen molar-refractivity contribution < 1.29 is 9.72 Å². The molecule has 1 aliphatic carbocycles. The van der Waals surface area contributed by atoms with Crippen molar-refractivity contribution in [2.24, 2.45) is 5.92 Å². The van der Waals surface area contributed by atoms with Crippen LogP contribution in [0.3, 0.4) is 0 Å². The maximum atomic E-state index is 12.6. The summed E-state index contributed by atoms with van der Waals surface area (Å²) in [6, 6.07) is 4.73. The summed E-state index contributed by atoms with van der Waals surface area (Å²) in [5, 5.41) is 11.2. The Morgan fingerprint density at radius 2 is 2.10 bits per heavy atom. The standard InChI is InChI=1S/C14H17N3O3/c1-15-7-8-16(9-10-5-6-10)14(18)11-3-2-4-12(13(11)15)17(19)20/h2-4,10H,5-9H2,1H3. The summed E-state index contributed by atoms with van der Waals surface area (Å²) in [6.07, 6.45) is 2.36. The largest absolute Gasteiger partial charge is 0.367 e. The third-order valence-corrected chi connectivity index (χ3v) is 3.99. The van der Waals surface area contributed by atoms with Crippen molar-refractivity contribution in [2.75, 3.05) is 31.6 Å². The van der Waals surface area contributed by atoms with Crippen LogP contribution in [0.15, 0.2) is 18.2 Å². The van der Waals surface area contributed by atoms with Crippen LogP contribution >= 0.6 is 0 Å². The van der Waals surface area contributed by atoms with E-state index in [4.69, 9.17) is 0 Å². The number of amides is 1. The van der Waals surface area contributed by atoms with E-state index in [1.807, 2.05) is 9.80 Å². The fourth-order valence-corrected chi connectivity index (χ4v) is 2.69. The van der Waals surface area contributed by atoms with Gasteiger partial charge in [0.15, 0.2) is 0 Å². The zero-order chi connectivity index (χ0) is 14.3. The molecule has 0 aromatic heterocycles. The first kappa shape index (κ1) is 12.9. The lowest BCUT2D eigenvalue weighted by molar-refractivity contribution is -0.384. The summed E-state index contributed by atoms with van der Waals surface area (Å²) in [5.74, 6) is 0.532. The molecule has 0 spiro atoms. The van der Waals surface area contributed by atoms with Crippen LogP contribution in [0.5, 0.6) is 0 Å². The highest BCUT2D eigenvalue weighted by atomic mass is 16.6. The van der Waals surface area contributed by atoms with Gasteiger partial charge in [-0.25, -0.2) is 0 Å². The number of nitro benzene ring substituents is 1. The highest BCUT2D eigenvalue weighted by Gasteiger charge is 2.33. The molecule has 0 atom stereocenters. The van der Waals surface area contributed by atoms with Crippen molar-refractivity contribution in [3.63, 3.8) is 0 Å². The monoisotopic (exact) mass is 275 g/mol. The van der Waals surface area contributed by atoms with Crippen LogP contribution in [0.25, 0.3) is 0 Å². The van der Waals surface area contributed by atoms with Gasteiger partial charge in [-0.1, -0.05) is 6.07 Å². The minimum absolute atomic E-state index is 0.00613. The number of hydrogen-bond acceptors (Lipinski definition) is 4. The lowest BCUT2D eigenvalue weighted by Gasteiger charge is -2.20. The molecule has 0 radical (unpaired) electrons. The molecule has 1 aromatic rings. The van der Waals surface area contributed by atoms with Crippen molar-refractivity contribution in [1.82, 2.24) is 4.90 Å². The van der Waals surface area contributed by atoms with Crippen molar-refractivity contribution in [2.45, 2.75) is 12.8 Å². The van der Waals surface area contributed by atoms with Gasteiger partial charge in [-0.3, -0.25) is 14.9 Å². The smallest absolute Gasteiger partial charge is 0.293 e. The molecule has 6 nitrogen and oxygen atoms in total. The molecular weight excluding hydrogens is 258 g/mol. The quantitative estimate of drug-likeness (QED) is 0.624. The molecule has 0 N–H and O–H groups in total. The summed E-state index contributed by atoms with van der Waals surface area (Å²) >= 11 is 0. The Morgan fingerprint density at radius 3 is 2.75 bits per heavy atom. The number of para-hydroxylation sites is 1. The highest BCUT2D eigenvalue weighted by molar-refractivity contribution is 6.02. The molecule has 6 heteroatoms. The molecule has 1 fully saturated rings. The molecule has 1 amide bonds. The number of nitrogens with zero attached hydrogens (tertiary/aromatic N) is 3. The van der Waals surface area contributed by atoms with Crippen LogP contribution < -0.4 is 4.90 Å². The zero-order valence-electron chi connectivity index (χ0n) is 11.4. The van der Waals surface area contributed by atoms with E-state index in [1.165, 1.54) is 18.9 Å². The van der Waals surface area contributed by atoms with E-state index < -0.39 is 4.92 Å². The van der Waals surface area contributed by atoms with Crippen molar-refractivity contribution >= 4 is 17.3 Å². The van der Waals surface area contributed by atoms with Gasteiger partial charge in [-0.15, -0.1) is 0 Å². The third kappa shape index (κ3) is 2.21. The number of likely N-dealkylation sites (N-methyl/N-ethyl adjacent to an activating group) is 1. The molecule has 0 unspecified atom stereocenters. The molecule has 1 heterocycles. The lowest BCUT2D eigenvalue weighted by Crippen LogP contribution is -2.35. The minimum atomic E-state index is -0.417. The molecule has 1 aromatic carbocycles. The second-order valence-corrected chi connectivity index (χ2v) is 5.55. The molecule has 20 heavy (non-hydrogen) atoms. The second kappa shape index (κ2) is 4.77.